The number of ether oxygens (including phenoxy) is 2. The number of rotatable bonds is 7. The van der Waals surface area contributed by atoms with Crippen molar-refractivity contribution in [3.05, 3.63) is 59.7 Å². The van der Waals surface area contributed by atoms with Crippen molar-refractivity contribution >= 4 is 23.6 Å². The summed E-state index contributed by atoms with van der Waals surface area (Å²) in [6.45, 7) is 3.55. The van der Waals surface area contributed by atoms with Crippen molar-refractivity contribution in [3.8, 4) is 5.75 Å². The molecule has 1 N–H and O–H groups in total. The van der Waals surface area contributed by atoms with Crippen LogP contribution in [-0.4, -0.2) is 67.7 Å². The first-order valence-corrected chi connectivity index (χ1v) is 10.3. The van der Waals surface area contributed by atoms with Crippen LogP contribution in [0.4, 0.5) is 10.5 Å². The van der Waals surface area contributed by atoms with Crippen molar-refractivity contribution in [3.63, 3.8) is 0 Å². The summed E-state index contributed by atoms with van der Waals surface area (Å²) < 4.78 is 10.8. The number of carbonyl (C=O) groups excluding carboxylic acids is 1. The molecule has 2 aliphatic heterocycles. The lowest BCUT2D eigenvalue weighted by molar-refractivity contribution is 0.146. The number of methoxy groups -OCH3 is 1. The standard InChI is InChI=1S/C23H27N5O3/c1-16-9-10-19(31-12-11-30-3)14-20(16)25-21-26-23(29)27(2)22-24-15-18(28(21)22)13-17-7-5-4-6-8-17/h4-10,14,18H,11-13,15H2,1-3H3,(H,25,26,29). The number of aliphatic imine (C=N–C) groups is 2. The smallest absolute Gasteiger partial charge is 0.330 e. The molecular formula is C23H27N5O3. The maximum absolute atomic E-state index is 12.5. The van der Waals surface area contributed by atoms with Crippen LogP contribution in [0, 0.1) is 6.92 Å². The first kappa shape index (κ1) is 20.9. The summed E-state index contributed by atoms with van der Waals surface area (Å²) in [5.41, 5.74) is 2.93. The average molecular weight is 422 g/mol. The van der Waals surface area contributed by atoms with Gasteiger partial charge in [-0.25, -0.2) is 14.8 Å². The molecule has 162 valence electrons. The number of nitrogens with one attached hydrogen (secondary N) is 1. The Hall–Kier alpha value is -3.39. The second-order valence-corrected chi connectivity index (χ2v) is 7.57. The number of nitrogens with zero attached hydrogens (tertiary/aromatic N) is 4. The zero-order chi connectivity index (χ0) is 21.8. The van der Waals surface area contributed by atoms with E-state index in [1.807, 2.05) is 48.2 Å². The van der Waals surface area contributed by atoms with Gasteiger partial charge in [-0.1, -0.05) is 36.4 Å². The maximum atomic E-state index is 12.5. The van der Waals surface area contributed by atoms with Gasteiger partial charge >= 0.3 is 6.03 Å². The van der Waals surface area contributed by atoms with Gasteiger partial charge in [-0.2, -0.15) is 0 Å². The second kappa shape index (κ2) is 9.18. The molecule has 0 aliphatic carbocycles. The number of hydrogen-bond acceptors (Lipinski definition) is 5. The minimum absolute atomic E-state index is 0.0700. The Bertz CT molecular complexity index is 1010. The first-order valence-electron chi connectivity index (χ1n) is 10.3. The van der Waals surface area contributed by atoms with Crippen molar-refractivity contribution in [2.75, 3.05) is 33.9 Å². The maximum Gasteiger partial charge on any atom is 0.330 e. The summed E-state index contributed by atoms with van der Waals surface area (Å²) in [5, 5.41) is 2.92. The van der Waals surface area contributed by atoms with E-state index in [1.165, 1.54) is 10.5 Å². The zero-order valence-corrected chi connectivity index (χ0v) is 18.0. The number of amides is 2. The number of aryl methyl sites for hydroxylation is 1. The topological polar surface area (TPSA) is 78.8 Å². The van der Waals surface area contributed by atoms with Gasteiger partial charge in [0.25, 0.3) is 0 Å². The number of hydrogen-bond donors (Lipinski definition) is 1. The van der Waals surface area contributed by atoms with Gasteiger partial charge in [0.1, 0.15) is 12.4 Å². The molecule has 8 heteroatoms. The highest BCUT2D eigenvalue weighted by Gasteiger charge is 2.40. The Balaban J connectivity index is 1.64. The van der Waals surface area contributed by atoms with E-state index in [-0.39, 0.29) is 12.1 Å². The Kier molecular flexibility index (Phi) is 6.18. The van der Waals surface area contributed by atoms with Gasteiger partial charge in [0.15, 0.2) is 0 Å². The Morgan fingerprint density at radius 1 is 1.19 bits per heavy atom. The highest BCUT2D eigenvalue weighted by molar-refractivity contribution is 6.16. The number of benzene rings is 2. The molecule has 4 rings (SSSR count). The molecule has 1 fully saturated rings. The SMILES string of the molecule is COCCOc1ccc(C)c(N=C2NC(=O)N(C)C3=NCC(Cc4ccccc4)N23)c1. The van der Waals surface area contributed by atoms with Crippen LogP contribution in [0.3, 0.4) is 0 Å². The molecule has 1 unspecified atom stereocenters. The minimum Gasteiger partial charge on any atom is -0.491 e. The molecular weight excluding hydrogens is 394 g/mol. The molecule has 2 aliphatic rings. The first-order chi connectivity index (χ1) is 15.1. The summed E-state index contributed by atoms with van der Waals surface area (Å²) in [6, 6.07) is 15.8. The van der Waals surface area contributed by atoms with Crippen LogP contribution in [-0.2, 0) is 11.2 Å². The monoisotopic (exact) mass is 421 g/mol. The predicted molar refractivity (Wildman–Crippen MR) is 120 cm³/mol. The molecule has 1 atom stereocenters. The number of guanidine groups is 2. The molecule has 31 heavy (non-hydrogen) atoms. The van der Waals surface area contributed by atoms with Crippen LogP contribution in [0.15, 0.2) is 58.5 Å². The summed E-state index contributed by atoms with van der Waals surface area (Å²) in [5.74, 6) is 1.81. The molecule has 0 saturated carbocycles. The van der Waals surface area contributed by atoms with E-state index >= 15 is 0 Å². The van der Waals surface area contributed by atoms with E-state index in [0.717, 1.165) is 17.7 Å². The molecule has 0 spiro atoms. The fourth-order valence-corrected chi connectivity index (χ4v) is 3.65. The van der Waals surface area contributed by atoms with Crippen LogP contribution in [0.2, 0.25) is 0 Å². The molecule has 0 bridgehead atoms. The van der Waals surface area contributed by atoms with E-state index < -0.39 is 0 Å². The second-order valence-electron chi connectivity index (χ2n) is 7.57. The van der Waals surface area contributed by atoms with E-state index in [4.69, 9.17) is 14.5 Å². The lowest BCUT2D eigenvalue weighted by Gasteiger charge is -2.36. The summed E-state index contributed by atoms with van der Waals surface area (Å²) in [7, 11) is 3.36. The normalized spacial score (nSPS) is 19.3. The summed E-state index contributed by atoms with van der Waals surface area (Å²) in [4.78, 5) is 25.5. The lowest BCUT2D eigenvalue weighted by Crippen LogP contribution is -2.63. The largest absolute Gasteiger partial charge is 0.491 e. The van der Waals surface area contributed by atoms with Gasteiger partial charge < -0.3 is 9.47 Å². The molecule has 2 amide bonds. The molecule has 2 aromatic carbocycles. The average Bonchev–Trinajstić information content (AvgIpc) is 3.19. The van der Waals surface area contributed by atoms with Crippen LogP contribution in [0.25, 0.3) is 0 Å². The van der Waals surface area contributed by atoms with Gasteiger partial charge in [-0.15, -0.1) is 0 Å². The molecule has 8 nitrogen and oxygen atoms in total. The number of urea groups is 1. The van der Waals surface area contributed by atoms with Gasteiger partial charge in [-0.05, 0) is 30.5 Å². The van der Waals surface area contributed by atoms with E-state index in [0.29, 0.717) is 37.4 Å². The van der Waals surface area contributed by atoms with Gasteiger partial charge in [0, 0.05) is 20.2 Å². The van der Waals surface area contributed by atoms with Gasteiger partial charge in [-0.3, -0.25) is 15.1 Å². The van der Waals surface area contributed by atoms with Crippen molar-refractivity contribution in [2.24, 2.45) is 9.98 Å². The van der Waals surface area contributed by atoms with Gasteiger partial charge in [0.2, 0.25) is 11.9 Å². The fourth-order valence-electron chi connectivity index (χ4n) is 3.65. The van der Waals surface area contributed by atoms with Gasteiger partial charge in [0.05, 0.1) is 24.9 Å². The van der Waals surface area contributed by atoms with Crippen LogP contribution >= 0.6 is 0 Å². The van der Waals surface area contributed by atoms with Crippen molar-refractivity contribution in [2.45, 2.75) is 19.4 Å². The quantitative estimate of drug-likeness (QED) is 0.698. The molecule has 0 aromatic heterocycles. The van der Waals surface area contributed by atoms with Crippen LogP contribution < -0.4 is 10.1 Å². The molecule has 1 saturated heterocycles. The van der Waals surface area contributed by atoms with Crippen molar-refractivity contribution in [1.29, 1.82) is 0 Å². The highest BCUT2D eigenvalue weighted by Crippen LogP contribution is 2.27. The minimum atomic E-state index is -0.251. The van der Waals surface area contributed by atoms with E-state index in [2.05, 4.69) is 22.4 Å². The molecule has 2 aromatic rings. The zero-order valence-electron chi connectivity index (χ0n) is 18.0. The highest BCUT2D eigenvalue weighted by atomic mass is 16.5. The number of carbonyl (C=O) groups is 1. The fraction of sp³-hybridized carbons (Fsp3) is 0.348. The summed E-state index contributed by atoms with van der Waals surface area (Å²) >= 11 is 0. The Labute approximate surface area is 182 Å². The van der Waals surface area contributed by atoms with Crippen LogP contribution in [0.5, 0.6) is 5.75 Å². The van der Waals surface area contributed by atoms with E-state index in [1.54, 1.807) is 14.2 Å². The third kappa shape index (κ3) is 4.54. The molecule has 0 radical (unpaired) electrons. The van der Waals surface area contributed by atoms with Crippen molar-refractivity contribution in [1.82, 2.24) is 15.1 Å². The molecule has 2 heterocycles. The Morgan fingerprint density at radius 2 is 2.00 bits per heavy atom. The number of fused-ring (bicyclic) bond motifs is 1. The Morgan fingerprint density at radius 3 is 2.77 bits per heavy atom. The predicted octanol–water partition coefficient (Wildman–Crippen LogP) is 2.95. The third-order valence-corrected chi connectivity index (χ3v) is 5.35. The third-order valence-electron chi connectivity index (χ3n) is 5.35. The van der Waals surface area contributed by atoms with E-state index in [9.17, 15) is 4.79 Å². The summed E-state index contributed by atoms with van der Waals surface area (Å²) in [6.07, 6.45) is 0.801. The lowest BCUT2D eigenvalue weighted by atomic mass is 10.1. The van der Waals surface area contributed by atoms with Crippen LogP contribution in [0.1, 0.15) is 11.1 Å². The van der Waals surface area contributed by atoms with Crippen molar-refractivity contribution < 1.29 is 14.3 Å².